The maximum absolute atomic E-state index is 12.1. The minimum atomic E-state index is -3.40. The molecule has 0 amide bonds. The summed E-state index contributed by atoms with van der Waals surface area (Å²) < 4.78 is 27.6. The Hall–Kier alpha value is -1.21. The van der Waals surface area contributed by atoms with Crippen molar-refractivity contribution in [1.29, 1.82) is 0 Å². The van der Waals surface area contributed by atoms with E-state index in [1.807, 2.05) is 24.3 Å². The Morgan fingerprint density at radius 3 is 2.24 bits per heavy atom. The zero-order chi connectivity index (χ0) is 15.3. The van der Waals surface area contributed by atoms with Crippen molar-refractivity contribution in [3.05, 3.63) is 69.7 Å². The molecule has 0 aliphatic carbocycles. The fourth-order valence-corrected chi connectivity index (χ4v) is 3.37. The van der Waals surface area contributed by atoms with Crippen molar-refractivity contribution in [1.82, 2.24) is 4.72 Å². The van der Waals surface area contributed by atoms with Crippen LogP contribution in [-0.2, 0) is 28.9 Å². The lowest BCUT2D eigenvalue weighted by molar-refractivity contribution is 0.282. The number of hydrogen-bond donors (Lipinski definition) is 2. The molecule has 0 atom stereocenters. The van der Waals surface area contributed by atoms with Gasteiger partial charge in [0.05, 0.1) is 12.4 Å². The second-order valence-electron chi connectivity index (χ2n) is 4.65. The van der Waals surface area contributed by atoms with Crippen LogP contribution in [0.5, 0.6) is 0 Å². The Morgan fingerprint density at radius 2 is 1.62 bits per heavy atom. The third-order valence-corrected chi connectivity index (χ3v) is 5.07. The van der Waals surface area contributed by atoms with Gasteiger partial charge in [0, 0.05) is 11.0 Å². The maximum Gasteiger partial charge on any atom is 0.216 e. The Bertz CT molecular complexity index is 699. The van der Waals surface area contributed by atoms with Gasteiger partial charge in [0.25, 0.3) is 0 Å². The molecule has 2 aromatic carbocycles. The van der Waals surface area contributed by atoms with Crippen LogP contribution < -0.4 is 4.72 Å². The van der Waals surface area contributed by atoms with E-state index in [1.165, 1.54) is 0 Å². The number of aliphatic hydroxyl groups is 1. The van der Waals surface area contributed by atoms with Crippen LogP contribution in [-0.4, -0.2) is 13.5 Å². The van der Waals surface area contributed by atoms with Gasteiger partial charge in [-0.1, -0.05) is 58.4 Å². The van der Waals surface area contributed by atoms with Gasteiger partial charge < -0.3 is 5.11 Å². The molecule has 0 aliphatic heterocycles. The molecule has 2 aromatic rings. The van der Waals surface area contributed by atoms with E-state index in [0.29, 0.717) is 5.56 Å². The van der Waals surface area contributed by atoms with Gasteiger partial charge in [0.15, 0.2) is 0 Å². The van der Waals surface area contributed by atoms with Gasteiger partial charge in [-0.25, -0.2) is 13.1 Å². The van der Waals surface area contributed by atoms with Crippen LogP contribution in [0.3, 0.4) is 0 Å². The highest BCUT2D eigenvalue weighted by Crippen LogP contribution is 2.16. The molecule has 2 rings (SSSR count). The zero-order valence-electron chi connectivity index (χ0n) is 11.3. The summed E-state index contributed by atoms with van der Waals surface area (Å²) in [6.07, 6.45) is 0. The van der Waals surface area contributed by atoms with Crippen molar-refractivity contribution < 1.29 is 13.5 Å². The van der Waals surface area contributed by atoms with E-state index in [9.17, 15) is 8.42 Å². The summed E-state index contributed by atoms with van der Waals surface area (Å²) in [7, 11) is -3.40. The summed E-state index contributed by atoms with van der Waals surface area (Å²) >= 11 is 3.39. The summed E-state index contributed by atoms with van der Waals surface area (Å²) in [5.41, 5.74) is 2.33. The summed E-state index contributed by atoms with van der Waals surface area (Å²) in [5, 5.41) is 8.96. The lowest BCUT2D eigenvalue weighted by Gasteiger charge is -2.08. The van der Waals surface area contributed by atoms with Crippen LogP contribution in [0.1, 0.15) is 16.7 Å². The molecule has 2 N–H and O–H groups in total. The van der Waals surface area contributed by atoms with Crippen LogP contribution >= 0.6 is 15.9 Å². The van der Waals surface area contributed by atoms with E-state index in [0.717, 1.165) is 15.6 Å². The molecule has 0 spiro atoms. The third kappa shape index (κ3) is 4.93. The van der Waals surface area contributed by atoms with Crippen LogP contribution in [0.15, 0.2) is 53.0 Å². The number of benzene rings is 2. The first-order chi connectivity index (χ1) is 10.00. The fraction of sp³-hybridized carbons (Fsp3) is 0.200. The molecular formula is C15H16BrNO3S. The predicted molar refractivity (Wildman–Crippen MR) is 86.0 cm³/mol. The standard InChI is InChI=1S/C15H16BrNO3S/c16-15-4-2-1-3-14(15)9-17-21(19,20)11-13-7-5-12(10-18)6-8-13/h1-8,17-18H,9-11H2. The fourth-order valence-electron chi connectivity index (χ4n) is 1.84. The highest BCUT2D eigenvalue weighted by molar-refractivity contribution is 9.10. The summed E-state index contributed by atoms with van der Waals surface area (Å²) in [4.78, 5) is 0. The van der Waals surface area contributed by atoms with Gasteiger partial charge in [-0.15, -0.1) is 0 Å². The monoisotopic (exact) mass is 369 g/mol. The third-order valence-electron chi connectivity index (χ3n) is 3.00. The molecule has 0 saturated carbocycles. The molecule has 0 unspecified atom stereocenters. The van der Waals surface area contributed by atoms with Gasteiger partial charge in [0.1, 0.15) is 0 Å². The Balaban J connectivity index is 2.00. The van der Waals surface area contributed by atoms with Crippen LogP contribution in [0.4, 0.5) is 0 Å². The molecule has 0 aliphatic rings. The predicted octanol–water partition coefficient (Wildman–Crippen LogP) is 2.56. The van der Waals surface area contributed by atoms with Crippen molar-refractivity contribution in [3.63, 3.8) is 0 Å². The largest absolute Gasteiger partial charge is 0.392 e. The topological polar surface area (TPSA) is 66.4 Å². The van der Waals surface area contributed by atoms with E-state index < -0.39 is 10.0 Å². The average molecular weight is 370 g/mol. The van der Waals surface area contributed by atoms with Crippen LogP contribution in [0.25, 0.3) is 0 Å². The van der Waals surface area contributed by atoms with Crippen molar-refractivity contribution in [2.24, 2.45) is 0 Å². The van der Waals surface area contributed by atoms with E-state index in [-0.39, 0.29) is 18.9 Å². The summed E-state index contributed by atoms with van der Waals surface area (Å²) in [6, 6.07) is 14.3. The van der Waals surface area contributed by atoms with E-state index in [2.05, 4.69) is 20.7 Å². The molecule has 0 saturated heterocycles. The SMILES string of the molecule is O=S(=O)(Cc1ccc(CO)cc1)NCc1ccccc1Br. The minimum absolute atomic E-state index is 0.0483. The molecule has 0 heterocycles. The first kappa shape index (κ1) is 16.2. The number of hydrogen-bond acceptors (Lipinski definition) is 3. The Labute approximate surface area is 133 Å². The summed E-state index contributed by atoms with van der Waals surface area (Å²) in [6.45, 7) is 0.200. The zero-order valence-corrected chi connectivity index (χ0v) is 13.7. The quantitative estimate of drug-likeness (QED) is 0.822. The normalized spacial score (nSPS) is 11.5. The Morgan fingerprint density at radius 1 is 1.00 bits per heavy atom. The minimum Gasteiger partial charge on any atom is -0.392 e. The highest BCUT2D eigenvalue weighted by atomic mass is 79.9. The lowest BCUT2D eigenvalue weighted by atomic mass is 10.2. The van der Waals surface area contributed by atoms with E-state index in [4.69, 9.17) is 5.11 Å². The molecular weight excluding hydrogens is 354 g/mol. The van der Waals surface area contributed by atoms with Crippen molar-refractivity contribution in [3.8, 4) is 0 Å². The van der Waals surface area contributed by atoms with Crippen LogP contribution in [0, 0.1) is 0 Å². The second-order valence-corrected chi connectivity index (χ2v) is 7.31. The molecule has 21 heavy (non-hydrogen) atoms. The van der Waals surface area contributed by atoms with Gasteiger partial charge in [-0.3, -0.25) is 0 Å². The van der Waals surface area contributed by atoms with Crippen molar-refractivity contribution in [2.75, 3.05) is 0 Å². The molecule has 0 fully saturated rings. The maximum atomic E-state index is 12.1. The van der Waals surface area contributed by atoms with Crippen molar-refractivity contribution in [2.45, 2.75) is 18.9 Å². The second kappa shape index (κ2) is 7.17. The number of rotatable bonds is 6. The summed E-state index contributed by atoms with van der Waals surface area (Å²) in [5.74, 6) is -0.0802. The molecule has 112 valence electrons. The van der Waals surface area contributed by atoms with Gasteiger partial charge in [-0.2, -0.15) is 0 Å². The molecule has 0 bridgehead atoms. The van der Waals surface area contributed by atoms with E-state index >= 15 is 0 Å². The van der Waals surface area contributed by atoms with Gasteiger partial charge >= 0.3 is 0 Å². The van der Waals surface area contributed by atoms with E-state index in [1.54, 1.807) is 24.3 Å². The Kier molecular flexibility index (Phi) is 5.52. The number of sulfonamides is 1. The molecule has 4 nitrogen and oxygen atoms in total. The lowest BCUT2D eigenvalue weighted by Crippen LogP contribution is -2.24. The van der Waals surface area contributed by atoms with Gasteiger partial charge in [-0.05, 0) is 22.8 Å². The molecule has 0 aromatic heterocycles. The molecule has 0 radical (unpaired) electrons. The van der Waals surface area contributed by atoms with Gasteiger partial charge in [0.2, 0.25) is 10.0 Å². The first-order valence-electron chi connectivity index (χ1n) is 6.39. The molecule has 6 heteroatoms. The first-order valence-corrected chi connectivity index (χ1v) is 8.84. The smallest absolute Gasteiger partial charge is 0.216 e. The number of nitrogens with one attached hydrogen (secondary N) is 1. The van der Waals surface area contributed by atoms with Crippen molar-refractivity contribution >= 4 is 26.0 Å². The van der Waals surface area contributed by atoms with Crippen LogP contribution in [0.2, 0.25) is 0 Å². The number of aliphatic hydroxyl groups excluding tert-OH is 1. The average Bonchev–Trinajstić information content (AvgIpc) is 2.47. The number of halogens is 1. The highest BCUT2D eigenvalue weighted by Gasteiger charge is 2.12.